The second-order valence-electron chi connectivity index (χ2n) is 2.50. The topological polar surface area (TPSA) is 12.0 Å². The standard InChI is InChI=1S/C9H9Cl2NS2/c1-2-14-9(13)12-8-4-6(10)3-7(11)5-8/h3-5H,2H2,1H3,(H,12,13). The maximum atomic E-state index is 5.84. The summed E-state index contributed by atoms with van der Waals surface area (Å²) in [5, 5.41) is 4.25. The largest absolute Gasteiger partial charge is 0.341 e. The molecule has 0 spiro atoms. The molecule has 0 aliphatic rings. The minimum absolute atomic E-state index is 0.601. The van der Waals surface area contributed by atoms with Crippen molar-refractivity contribution in [2.24, 2.45) is 0 Å². The summed E-state index contributed by atoms with van der Waals surface area (Å²) in [6.07, 6.45) is 0. The van der Waals surface area contributed by atoms with E-state index in [0.717, 1.165) is 15.8 Å². The van der Waals surface area contributed by atoms with Gasteiger partial charge in [-0.3, -0.25) is 0 Å². The van der Waals surface area contributed by atoms with Gasteiger partial charge in [-0.15, -0.1) is 0 Å². The Labute approximate surface area is 103 Å². The van der Waals surface area contributed by atoms with Crippen LogP contribution in [0.3, 0.4) is 0 Å². The van der Waals surface area contributed by atoms with Gasteiger partial charge >= 0.3 is 0 Å². The molecule has 0 aliphatic heterocycles. The molecule has 1 aromatic carbocycles. The van der Waals surface area contributed by atoms with Gasteiger partial charge in [-0.05, 0) is 24.0 Å². The van der Waals surface area contributed by atoms with Crippen LogP contribution in [-0.4, -0.2) is 10.1 Å². The highest BCUT2D eigenvalue weighted by atomic mass is 35.5. The molecular formula is C9H9Cl2NS2. The van der Waals surface area contributed by atoms with Gasteiger partial charge in [0, 0.05) is 15.7 Å². The average Bonchev–Trinajstić information content (AvgIpc) is 2.01. The lowest BCUT2D eigenvalue weighted by Crippen LogP contribution is -2.04. The number of rotatable bonds is 2. The van der Waals surface area contributed by atoms with E-state index in [1.807, 2.05) is 6.92 Å². The Morgan fingerprint density at radius 3 is 2.43 bits per heavy atom. The summed E-state index contributed by atoms with van der Waals surface area (Å²) >= 11 is 18.3. The summed E-state index contributed by atoms with van der Waals surface area (Å²) in [4.78, 5) is 0. The fraction of sp³-hybridized carbons (Fsp3) is 0.222. The molecule has 0 saturated carbocycles. The minimum atomic E-state index is 0.601. The fourth-order valence-corrected chi connectivity index (χ4v) is 2.36. The Kier molecular flexibility index (Phi) is 5.02. The van der Waals surface area contributed by atoms with Crippen molar-refractivity contribution in [3.8, 4) is 0 Å². The third-order valence-electron chi connectivity index (χ3n) is 1.38. The van der Waals surface area contributed by atoms with Crippen LogP contribution in [-0.2, 0) is 0 Å². The van der Waals surface area contributed by atoms with E-state index in [-0.39, 0.29) is 0 Å². The number of benzene rings is 1. The van der Waals surface area contributed by atoms with Gasteiger partial charge < -0.3 is 5.32 Å². The average molecular weight is 266 g/mol. The molecule has 0 aromatic heterocycles. The fourth-order valence-electron chi connectivity index (χ4n) is 0.911. The van der Waals surface area contributed by atoms with Crippen LogP contribution >= 0.6 is 47.2 Å². The molecule has 1 rings (SSSR count). The zero-order valence-corrected chi connectivity index (χ0v) is 10.7. The molecule has 0 amide bonds. The lowest BCUT2D eigenvalue weighted by molar-refractivity contribution is 1.54. The molecule has 0 heterocycles. The van der Waals surface area contributed by atoms with Gasteiger partial charge in [-0.1, -0.05) is 54.1 Å². The van der Waals surface area contributed by atoms with Crippen LogP contribution < -0.4 is 5.32 Å². The molecular weight excluding hydrogens is 257 g/mol. The van der Waals surface area contributed by atoms with E-state index in [1.165, 1.54) is 0 Å². The van der Waals surface area contributed by atoms with Crippen molar-refractivity contribution >= 4 is 57.2 Å². The smallest absolute Gasteiger partial charge is 0.138 e. The molecule has 1 nitrogen and oxygen atoms in total. The maximum Gasteiger partial charge on any atom is 0.138 e. The first-order chi connectivity index (χ1) is 6.61. The van der Waals surface area contributed by atoms with E-state index in [4.69, 9.17) is 35.4 Å². The van der Waals surface area contributed by atoms with Gasteiger partial charge in [0.15, 0.2) is 0 Å². The Bertz CT molecular complexity index is 321. The molecule has 0 unspecified atom stereocenters. The Balaban J connectivity index is 2.71. The van der Waals surface area contributed by atoms with Crippen molar-refractivity contribution in [3.05, 3.63) is 28.2 Å². The summed E-state index contributed by atoms with van der Waals surface area (Å²) < 4.78 is 0.728. The van der Waals surface area contributed by atoms with Crippen LogP contribution in [0.25, 0.3) is 0 Å². The molecule has 1 N–H and O–H groups in total. The summed E-state index contributed by atoms with van der Waals surface area (Å²) in [5.74, 6) is 0.945. The van der Waals surface area contributed by atoms with Crippen LogP contribution in [0.2, 0.25) is 10.0 Å². The monoisotopic (exact) mass is 265 g/mol. The molecule has 0 saturated heterocycles. The lowest BCUT2D eigenvalue weighted by atomic mass is 10.3. The molecule has 76 valence electrons. The normalized spacial score (nSPS) is 9.93. The Hall–Kier alpha value is 0.0400. The predicted molar refractivity (Wildman–Crippen MR) is 70.8 cm³/mol. The first-order valence-electron chi connectivity index (χ1n) is 4.01. The zero-order chi connectivity index (χ0) is 10.6. The van der Waals surface area contributed by atoms with Crippen LogP contribution in [0.5, 0.6) is 0 Å². The third kappa shape index (κ3) is 4.05. The Morgan fingerprint density at radius 1 is 1.36 bits per heavy atom. The van der Waals surface area contributed by atoms with Crippen LogP contribution in [0.4, 0.5) is 5.69 Å². The van der Waals surface area contributed by atoms with Gasteiger partial charge in [0.05, 0.1) is 0 Å². The first-order valence-corrected chi connectivity index (χ1v) is 6.16. The van der Waals surface area contributed by atoms with E-state index in [0.29, 0.717) is 10.0 Å². The van der Waals surface area contributed by atoms with Crippen LogP contribution in [0.15, 0.2) is 18.2 Å². The van der Waals surface area contributed by atoms with Gasteiger partial charge in [-0.25, -0.2) is 0 Å². The second-order valence-corrected chi connectivity index (χ2v) is 5.32. The van der Waals surface area contributed by atoms with Crippen molar-refractivity contribution in [1.29, 1.82) is 0 Å². The summed E-state index contributed by atoms with van der Waals surface area (Å²) in [7, 11) is 0. The molecule has 1 aromatic rings. The predicted octanol–water partition coefficient (Wildman–Crippen LogP) is 4.44. The van der Waals surface area contributed by atoms with Crippen molar-refractivity contribution < 1.29 is 0 Å². The van der Waals surface area contributed by atoms with Gasteiger partial charge in [0.1, 0.15) is 4.32 Å². The minimum Gasteiger partial charge on any atom is -0.341 e. The van der Waals surface area contributed by atoms with E-state index in [1.54, 1.807) is 30.0 Å². The number of hydrogen-bond acceptors (Lipinski definition) is 2. The highest BCUT2D eigenvalue weighted by Crippen LogP contribution is 2.23. The number of halogens is 2. The van der Waals surface area contributed by atoms with E-state index in [9.17, 15) is 0 Å². The van der Waals surface area contributed by atoms with Gasteiger partial charge in [-0.2, -0.15) is 0 Å². The highest BCUT2D eigenvalue weighted by molar-refractivity contribution is 8.23. The molecule has 0 radical (unpaired) electrons. The number of hydrogen-bond donors (Lipinski definition) is 1. The summed E-state index contributed by atoms with van der Waals surface area (Å²) in [6.45, 7) is 2.05. The van der Waals surface area contributed by atoms with Gasteiger partial charge in [0.2, 0.25) is 0 Å². The van der Waals surface area contributed by atoms with Crippen molar-refractivity contribution in [2.75, 3.05) is 11.1 Å². The van der Waals surface area contributed by atoms with Crippen LogP contribution in [0.1, 0.15) is 6.92 Å². The third-order valence-corrected chi connectivity index (χ3v) is 2.93. The van der Waals surface area contributed by atoms with Crippen LogP contribution in [0, 0.1) is 0 Å². The number of anilines is 1. The molecule has 0 aliphatic carbocycles. The van der Waals surface area contributed by atoms with Crippen molar-refractivity contribution in [1.82, 2.24) is 0 Å². The zero-order valence-electron chi connectivity index (χ0n) is 7.51. The van der Waals surface area contributed by atoms with E-state index >= 15 is 0 Å². The van der Waals surface area contributed by atoms with Crippen molar-refractivity contribution in [2.45, 2.75) is 6.92 Å². The van der Waals surface area contributed by atoms with Gasteiger partial charge in [0.25, 0.3) is 0 Å². The highest BCUT2D eigenvalue weighted by Gasteiger charge is 2.00. The lowest BCUT2D eigenvalue weighted by Gasteiger charge is -2.06. The molecule has 0 atom stereocenters. The van der Waals surface area contributed by atoms with E-state index < -0.39 is 0 Å². The molecule has 5 heteroatoms. The molecule has 14 heavy (non-hydrogen) atoms. The second kappa shape index (κ2) is 5.81. The SMILES string of the molecule is CCSC(=S)Nc1cc(Cl)cc(Cl)c1. The first kappa shape index (κ1) is 12.1. The molecule has 0 bridgehead atoms. The van der Waals surface area contributed by atoms with Crippen molar-refractivity contribution in [3.63, 3.8) is 0 Å². The number of nitrogens with one attached hydrogen (secondary N) is 1. The van der Waals surface area contributed by atoms with E-state index in [2.05, 4.69) is 5.32 Å². The molecule has 0 fully saturated rings. The summed E-state index contributed by atoms with van der Waals surface area (Å²) in [6, 6.07) is 5.26. The number of thiocarbonyl (C=S) groups is 1. The quantitative estimate of drug-likeness (QED) is 0.794. The Morgan fingerprint density at radius 2 is 1.93 bits per heavy atom. The summed E-state index contributed by atoms with van der Waals surface area (Å²) in [5.41, 5.74) is 0.827. The number of thioether (sulfide) groups is 1. The maximum absolute atomic E-state index is 5.84.